The second-order valence-corrected chi connectivity index (χ2v) is 6.63. The van der Waals surface area contributed by atoms with Gasteiger partial charge in [0.05, 0.1) is 18.0 Å². The third kappa shape index (κ3) is 3.75. The lowest BCUT2D eigenvalue weighted by Gasteiger charge is -2.24. The number of hydrogen-bond donors (Lipinski definition) is 2. The molecule has 1 aliphatic heterocycles. The van der Waals surface area contributed by atoms with Gasteiger partial charge in [0, 0.05) is 17.1 Å². The largest absolute Gasteiger partial charge is 0.507 e. The first-order chi connectivity index (χ1) is 13.3. The number of carbonyl (C=O) groups is 3. The van der Waals surface area contributed by atoms with Gasteiger partial charge in [-0.25, -0.2) is 4.39 Å². The second-order valence-electron chi connectivity index (χ2n) is 6.20. The summed E-state index contributed by atoms with van der Waals surface area (Å²) in [5.41, 5.74) is 0.269. The molecule has 1 fully saturated rings. The number of rotatable bonds is 5. The molecule has 6 nitrogen and oxygen atoms in total. The Kier molecular flexibility index (Phi) is 5.46. The van der Waals surface area contributed by atoms with Crippen molar-refractivity contribution in [3.63, 3.8) is 0 Å². The van der Waals surface area contributed by atoms with E-state index in [0.29, 0.717) is 5.02 Å². The van der Waals surface area contributed by atoms with Crippen molar-refractivity contribution in [2.45, 2.75) is 12.5 Å². The summed E-state index contributed by atoms with van der Waals surface area (Å²) in [5, 5.41) is 20.1. The lowest BCUT2D eigenvalue weighted by atomic mass is 9.95. The summed E-state index contributed by atoms with van der Waals surface area (Å²) in [4.78, 5) is 37.1. The molecule has 2 aromatic rings. The Hall–Kier alpha value is -3.19. The van der Waals surface area contributed by atoms with Gasteiger partial charge >= 0.3 is 5.97 Å². The highest BCUT2D eigenvalue weighted by molar-refractivity contribution is 6.46. The topological polar surface area (TPSA) is 94.9 Å². The van der Waals surface area contributed by atoms with E-state index in [2.05, 4.69) is 0 Å². The third-order valence-electron chi connectivity index (χ3n) is 4.39. The van der Waals surface area contributed by atoms with Crippen LogP contribution in [-0.2, 0) is 14.4 Å². The number of halogens is 2. The van der Waals surface area contributed by atoms with Gasteiger partial charge < -0.3 is 15.1 Å². The minimum atomic E-state index is -1.16. The zero-order valence-corrected chi connectivity index (χ0v) is 15.2. The molecule has 0 spiro atoms. The SMILES string of the molecule is O=C(O)CCN1C(=O)C(=O)/C(=C(/O)c2ccc(Cl)cc2)[C@H]1c1cccc(F)c1. The van der Waals surface area contributed by atoms with Crippen LogP contribution in [0.3, 0.4) is 0 Å². The number of hydrogen-bond acceptors (Lipinski definition) is 4. The second kappa shape index (κ2) is 7.82. The Labute approximate surface area is 164 Å². The number of Topliss-reactive ketones (excluding diaryl/α,β-unsaturated/α-hetero) is 1. The van der Waals surface area contributed by atoms with E-state index < -0.39 is 41.7 Å². The lowest BCUT2D eigenvalue weighted by Crippen LogP contribution is -2.31. The first-order valence-electron chi connectivity index (χ1n) is 8.31. The number of likely N-dealkylation sites (tertiary alicyclic amines) is 1. The number of aliphatic carboxylic acids is 1. The molecule has 0 radical (unpaired) electrons. The average molecular weight is 404 g/mol. The summed E-state index contributed by atoms with van der Waals surface area (Å²) in [6.45, 7) is -0.265. The number of ketones is 1. The highest BCUT2D eigenvalue weighted by Crippen LogP contribution is 2.39. The predicted molar refractivity (Wildman–Crippen MR) is 99.1 cm³/mol. The Bertz CT molecular complexity index is 986. The van der Waals surface area contributed by atoms with Crippen LogP contribution >= 0.6 is 11.6 Å². The van der Waals surface area contributed by atoms with Crippen molar-refractivity contribution in [1.82, 2.24) is 4.90 Å². The fourth-order valence-electron chi connectivity index (χ4n) is 3.11. The van der Waals surface area contributed by atoms with Gasteiger partial charge in [0.25, 0.3) is 11.7 Å². The van der Waals surface area contributed by atoms with E-state index in [1.807, 2.05) is 0 Å². The number of carboxylic acids is 1. The molecule has 8 heteroatoms. The zero-order valence-electron chi connectivity index (χ0n) is 14.4. The third-order valence-corrected chi connectivity index (χ3v) is 4.64. The van der Waals surface area contributed by atoms with Crippen molar-refractivity contribution in [1.29, 1.82) is 0 Å². The first kappa shape index (κ1) is 19.6. The van der Waals surface area contributed by atoms with Crippen LogP contribution in [0.2, 0.25) is 5.02 Å². The number of amides is 1. The quantitative estimate of drug-likeness (QED) is 0.453. The van der Waals surface area contributed by atoms with Crippen molar-refractivity contribution >= 4 is 35.0 Å². The number of aliphatic hydroxyl groups is 1. The number of aliphatic hydroxyl groups excluding tert-OH is 1. The molecule has 0 aliphatic carbocycles. The Morgan fingerprint density at radius 1 is 1.11 bits per heavy atom. The van der Waals surface area contributed by atoms with Gasteiger partial charge in [-0.05, 0) is 42.0 Å². The molecule has 3 rings (SSSR count). The van der Waals surface area contributed by atoms with Gasteiger partial charge in [0.15, 0.2) is 0 Å². The minimum absolute atomic E-state index is 0.233. The van der Waals surface area contributed by atoms with E-state index in [0.717, 1.165) is 11.0 Å². The maximum absolute atomic E-state index is 13.8. The van der Waals surface area contributed by atoms with E-state index in [1.165, 1.54) is 42.5 Å². The van der Waals surface area contributed by atoms with E-state index in [9.17, 15) is 23.9 Å². The highest BCUT2D eigenvalue weighted by Gasteiger charge is 2.46. The molecule has 2 N–H and O–H groups in total. The van der Waals surface area contributed by atoms with Crippen LogP contribution in [0, 0.1) is 5.82 Å². The maximum atomic E-state index is 13.8. The summed E-state index contributed by atoms with van der Waals surface area (Å²) in [7, 11) is 0. The van der Waals surface area contributed by atoms with E-state index in [-0.39, 0.29) is 23.2 Å². The van der Waals surface area contributed by atoms with Gasteiger partial charge in [-0.15, -0.1) is 0 Å². The molecule has 0 aromatic heterocycles. The van der Waals surface area contributed by atoms with E-state index in [1.54, 1.807) is 0 Å². The van der Waals surface area contributed by atoms with Gasteiger partial charge in [-0.1, -0.05) is 23.7 Å². The molecule has 28 heavy (non-hydrogen) atoms. The molecule has 1 saturated heterocycles. The molecule has 0 bridgehead atoms. The van der Waals surface area contributed by atoms with Crippen molar-refractivity contribution < 1.29 is 29.0 Å². The molecule has 0 saturated carbocycles. The van der Waals surface area contributed by atoms with Gasteiger partial charge in [0.1, 0.15) is 11.6 Å². The van der Waals surface area contributed by atoms with Crippen LogP contribution in [-0.4, -0.2) is 39.3 Å². The van der Waals surface area contributed by atoms with E-state index in [4.69, 9.17) is 16.7 Å². The molecule has 1 aliphatic rings. The fourth-order valence-corrected chi connectivity index (χ4v) is 3.24. The smallest absolute Gasteiger partial charge is 0.305 e. The summed E-state index contributed by atoms with van der Waals surface area (Å²) in [6, 6.07) is 10.1. The molecule has 1 heterocycles. The highest BCUT2D eigenvalue weighted by atomic mass is 35.5. The normalized spacial score (nSPS) is 18.5. The Morgan fingerprint density at radius 2 is 1.79 bits per heavy atom. The molecule has 1 amide bonds. The summed E-state index contributed by atoms with van der Waals surface area (Å²) < 4.78 is 13.8. The van der Waals surface area contributed by atoms with Crippen molar-refractivity contribution in [3.8, 4) is 0 Å². The van der Waals surface area contributed by atoms with Gasteiger partial charge in [-0.2, -0.15) is 0 Å². The zero-order chi connectivity index (χ0) is 20.4. The van der Waals surface area contributed by atoms with Crippen molar-refractivity contribution in [3.05, 3.63) is 76.1 Å². The monoisotopic (exact) mass is 403 g/mol. The van der Waals surface area contributed by atoms with Crippen molar-refractivity contribution in [2.24, 2.45) is 0 Å². The first-order valence-corrected chi connectivity index (χ1v) is 8.69. The fraction of sp³-hybridized carbons (Fsp3) is 0.150. The molecule has 1 atom stereocenters. The molecular formula is C20H15ClFNO5. The Balaban J connectivity index is 2.16. The van der Waals surface area contributed by atoms with Crippen LogP contribution in [0.4, 0.5) is 4.39 Å². The molecule has 144 valence electrons. The van der Waals surface area contributed by atoms with Crippen LogP contribution in [0.25, 0.3) is 5.76 Å². The van der Waals surface area contributed by atoms with Crippen LogP contribution in [0.1, 0.15) is 23.6 Å². The van der Waals surface area contributed by atoms with Crippen LogP contribution < -0.4 is 0 Å². The number of benzene rings is 2. The predicted octanol–water partition coefficient (Wildman–Crippen LogP) is 3.38. The van der Waals surface area contributed by atoms with Crippen LogP contribution in [0.15, 0.2) is 54.1 Å². The number of carboxylic acid groups (broad SMARTS) is 1. The van der Waals surface area contributed by atoms with E-state index >= 15 is 0 Å². The van der Waals surface area contributed by atoms with Crippen molar-refractivity contribution in [2.75, 3.05) is 6.54 Å². The average Bonchev–Trinajstić information content (AvgIpc) is 2.91. The number of carbonyl (C=O) groups excluding carboxylic acids is 2. The van der Waals surface area contributed by atoms with Gasteiger partial charge in [-0.3, -0.25) is 14.4 Å². The van der Waals surface area contributed by atoms with Crippen LogP contribution in [0.5, 0.6) is 0 Å². The summed E-state index contributed by atoms with van der Waals surface area (Å²) in [5.74, 6) is -4.11. The summed E-state index contributed by atoms with van der Waals surface area (Å²) in [6.07, 6.45) is -0.403. The molecular weight excluding hydrogens is 389 g/mol. The minimum Gasteiger partial charge on any atom is -0.507 e. The molecule has 0 unspecified atom stereocenters. The molecule has 2 aromatic carbocycles. The van der Waals surface area contributed by atoms with Gasteiger partial charge in [0.2, 0.25) is 0 Å². The maximum Gasteiger partial charge on any atom is 0.305 e. The summed E-state index contributed by atoms with van der Waals surface area (Å²) >= 11 is 5.84. The lowest BCUT2D eigenvalue weighted by molar-refractivity contribution is -0.142. The number of nitrogens with zero attached hydrogens (tertiary/aromatic N) is 1. The Morgan fingerprint density at radius 3 is 2.39 bits per heavy atom. The standard InChI is InChI=1S/C20H15ClFNO5/c21-13-6-4-11(5-7-13)18(26)16-17(12-2-1-3-14(22)10-12)23(9-8-15(24)25)20(28)19(16)27/h1-7,10,17,26H,8-9H2,(H,24,25)/b18-16+/t17-/m1/s1.